The smallest absolute Gasteiger partial charge is 0.290 e. The zero-order valence-corrected chi connectivity index (χ0v) is 15.5. The Morgan fingerprint density at radius 3 is 2.79 bits per heavy atom. The predicted molar refractivity (Wildman–Crippen MR) is 99.4 cm³/mol. The summed E-state index contributed by atoms with van der Waals surface area (Å²) in [6.07, 6.45) is 2.99. The highest BCUT2D eigenvalue weighted by Crippen LogP contribution is 2.29. The third-order valence-electron chi connectivity index (χ3n) is 3.71. The molecule has 0 aliphatic carbocycles. The summed E-state index contributed by atoms with van der Waals surface area (Å²) in [6, 6.07) is 9.47. The second-order valence-electron chi connectivity index (χ2n) is 6.00. The van der Waals surface area contributed by atoms with E-state index in [1.807, 2.05) is 25.3 Å². The number of furan rings is 1. The summed E-state index contributed by atoms with van der Waals surface area (Å²) in [6.45, 7) is 6.91. The first-order chi connectivity index (χ1) is 11.5. The summed E-state index contributed by atoms with van der Waals surface area (Å²) in [4.78, 5) is 12.0. The predicted octanol–water partition coefficient (Wildman–Crippen LogP) is 4.99. The Kier molecular flexibility index (Phi) is 6.79. The van der Waals surface area contributed by atoms with Crippen molar-refractivity contribution in [2.45, 2.75) is 33.1 Å². The van der Waals surface area contributed by atoms with Crippen LogP contribution in [0.15, 0.2) is 34.7 Å². The molecule has 0 unspecified atom stereocenters. The van der Waals surface area contributed by atoms with Crippen LogP contribution < -0.4 is 10.1 Å². The van der Waals surface area contributed by atoms with Crippen molar-refractivity contribution in [2.75, 3.05) is 18.6 Å². The van der Waals surface area contributed by atoms with E-state index < -0.39 is 0 Å². The lowest BCUT2D eigenvalue weighted by Crippen LogP contribution is -2.24. The van der Waals surface area contributed by atoms with Crippen molar-refractivity contribution in [1.29, 1.82) is 0 Å². The lowest BCUT2D eigenvalue weighted by molar-refractivity contribution is 0.0921. The summed E-state index contributed by atoms with van der Waals surface area (Å²) < 4.78 is 11.3. The van der Waals surface area contributed by atoms with E-state index in [2.05, 4.69) is 25.2 Å². The number of benzene rings is 1. The molecular weight excluding hydrogens is 322 g/mol. The summed E-state index contributed by atoms with van der Waals surface area (Å²) in [7, 11) is 0. The summed E-state index contributed by atoms with van der Waals surface area (Å²) in [5.74, 6) is 2.59. The molecule has 0 bridgehead atoms. The second-order valence-corrected chi connectivity index (χ2v) is 6.99. The first-order valence-electron chi connectivity index (χ1n) is 8.16. The van der Waals surface area contributed by atoms with Crippen molar-refractivity contribution in [3.05, 3.63) is 47.2 Å². The molecule has 1 heterocycles. The number of hydrogen-bond acceptors (Lipinski definition) is 4. The molecule has 0 fully saturated rings. The Morgan fingerprint density at radius 2 is 2.08 bits per heavy atom. The Labute approximate surface area is 148 Å². The maximum Gasteiger partial charge on any atom is 0.290 e. The minimum atomic E-state index is -0.210. The van der Waals surface area contributed by atoms with Crippen molar-refractivity contribution in [2.24, 2.45) is 0 Å². The van der Waals surface area contributed by atoms with Crippen LogP contribution in [0, 0.1) is 6.92 Å². The zero-order valence-electron chi connectivity index (χ0n) is 14.7. The van der Waals surface area contributed by atoms with E-state index in [1.54, 1.807) is 23.9 Å². The molecule has 0 saturated carbocycles. The van der Waals surface area contributed by atoms with Gasteiger partial charge in [-0.15, -0.1) is 0 Å². The number of ether oxygens (including phenoxy) is 1. The molecule has 0 aliphatic heterocycles. The lowest BCUT2D eigenvalue weighted by Gasteiger charge is -2.10. The molecule has 0 aliphatic rings. The fourth-order valence-electron chi connectivity index (χ4n) is 2.20. The van der Waals surface area contributed by atoms with E-state index in [1.165, 1.54) is 5.56 Å². The Morgan fingerprint density at radius 1 is 1.29 bits per heavy atom. The van der Waals surface area contributed by atoms with Crippen LogP contribution in [-0.4, -0.2) is 24.5 Å². The molecule has 4 nitrogen and oxygen atoms in total. The minimum absolute atomic E-state index is 0.210. The van der Waals surface area contributed by atoms with Gasteiger partial charge >= 0.3 is 0 Å². The molecule has 0 radical (unpaired) electrons. The highest BCUT2D eigenvalue weighted by Gasteiger charge is 2.13. The van der Waals surface area contributed by atoms with Gasteiger partial charge in [-0.1, -0.05) is 26.0 Å². The van der Waals surface area contributed by atoms with Crippen LogP contribution in [0.4, 0.5) is 0 Å². The van der Waals surface area contributed by atoms with Gasteiger partial charge in [0.2, 0.25) is 0 Å². The number of aryl methyl sites for hydroxylation is 1. The van der Waals surface area contributed by atoms with Crippen LogP contribution >= 0.6 is 11.8 Å². The molecule has 2 aromatic rings. The minimum Gasteiger partial charge on any atom is -0.426 e. The van der Waals surface area contributed by atoms with Crippen LogP contribution in [0.5, 0.6) is 11.7 Å². The molecule has 2 rings (SSSR count). The molecule has 24 heavy (non-hydrogen) atoms. The quantitative estimate of drug-likeness (QED) is 0.684. The summed E-state index contributed by atoms with van der Waals surface area (Å²) in [5.41, 5.74) is 2.23. The molecule has 1 N–H and O–H groups in total. The number of nitrogens with one attached hydrogen (secondary N) is 1. The van der Waals surface area contributed by atoms with Crippen LogP contribution in [0.3, 0.4) is 0 Å². The van der Waals surface area contributed by atoms with Gasteiger partial charge in [-0.05, 0) is 54.5 Å². The number of carbonyl (C=O) groups is 1. The number of hydrogen-bond donors (Lipinski definition) is 1. The van der Waals surface area contributed by atoms with Crippen LogP contribution in [0.2, 0.25) is 0 Å². The molecule has 5 heteroatoms. The van der Waals surface area contributed by atoms with Gasteiger partial charge in [0.1, 0.15) is 5.75 Å². The third kappa shape index (κ3) is 5.06. The van der Waals surface area contributed by atoms with Crippen molar-refractivity contribution < 1.29 is 13.9 Å². The summed E-state index contributed by atoms with van der Waals surface area (Å²) >= 11 is 1.76. The van der Waals surface area contributed by atoms with Gasteiger partial charge in [0.05, 0.1) is 0 Å². The van der Waals surface area contributed by atoms with Gasteiger partial charge in [0.25, 0.3) is 11.9 Å². The molecule has 1 aromatic carbocycles. The molecule has 130 valence electrons. The van der Waals surface area contributed by atoms with Gasteiger partial charge < -0.3 is 14.5 Å². The van der Waals surface area contributed by atoms with Gasteiger partial charge in [0, 0.05) is 12.6 Å². The van der Waals surface area contributed by atoms with E-state index in [4.69, 9.17) is 9.15 Å². The maximum absolute atomic E-state index is 12.0. The van der Waals surface area contributed by atoms with Crippen LogP contribution in [-0.2, 0) is 0 Å². The van der Waals surface area contributed by atoms with Gasteiger partial charge in [-0.25, -0.2) is 0 Å². The Balaban J connectivity index is 2.01. The van der Waals surface area contributed by atoms with E-state index in [-0.39, 0.29) is 11.7 Å². The Bertz CT molecular complexity index is 679. The SMILES string of the molecule is CSCCCNC(=O)c1ccc(Oc2cc(C(C)C)ccc2C)o1. The van der Waals surface area contributed by atoms with E-state index in [9.17, 15) is 4.79 Å². The number of carbonyl (C=O) groups excluding carboxylic acids is 1. The molecule has 0 spiro atoms. The lowest BCUT2D eigenvalue weighted by atomic mass is 10.0. The number of amides is 1. The molecule has 1 aromatic heterocycles. The van der Waals surface area contributed by atoms with E-state index >= 15 is 0 Å². The topological polar surface area (TPSA) is 51.5 Å². The third-order valence-corrected chi connectivity index (χ3v) is 4.40. The van der Waals surface area contributed by atoms with Gasteiger partial charge in [-0.3, -0.25) is 4.79 Å². The van der Waals surface area contributed by atoms with Crippen LogP contribution in [0.25, 0.3) is 0 Å². The monoisotopic (exact) mass is 347 g/mol. The average molecular weight is 347 g/mol. The van der Waals surface area contributed by atoms with Crippen molar-refractivity contribution in [3.63, 3.8) is 0 Å². The van der Waals surface area contributed by atoms with E-state index in [0.29, 0.717) is 18.4 Å². The van der Waals surface area contributed by atoms with Crippen molar-refractivity contribution in [1.82, 2.24) is 5.32 Å². The standard InChI is InChI=1S/C19H25NO3S/c1-13(2)15-7-6-14(3)17(12-15)23-18-9-8-16(22-18)19(21)20-10-5-11-24-4/h6-9,12-13H,5,10-11H2,1-4H3,(H,20,21). The normalized spacial score (nSPS) is 10.9. The molecule has 1 amide bonds. The first kappa shape index (κ1) is 18.5. The van der Waals surface area contributed by atoms with Crippen molar-refractivity contribution in [3.8, 4) is 11.7 Å². The highest BCUT2D eigenvalue weighted by molar-refractivity contribution is 7.98. The molecule has 0 atom stereocenters. The second kappa shape index (κ2) is 8.83. The largest absolute Gasteiger partial charge is 0.426 e. The zero-order chi connectivity index (χ0) is 17.5. The van der Waals surface area contributed by atoms with Crippen molar-refractivity contribution >= 4 is 17.7 Å². The Hall–Kier alpha value is -1.88. The van der Waals surface area contributed by atoms with E-state index in [0.717, 1.165) is 23.5 Å². The average Bonchev–Trinajstić information content (AvgIpc) is 3.02. The summed E-state index contributed by atoms with van der Waals surface area (Å²) in [5, 5.41) is 2.84. The highest BCUT2D eigenvalue weighted by atomic mass is 32.2. The number of rotatable bonds is 8. The maximum atomic E-state index is 12.0. The molecule has 0 saturated heterocycles. The first-order valence-corrected chi connectivity index (χ1v) is 9.56. The van der Waals surface area contributed by atoms with Gasteiger partial charge in [0.15, 0.2) is 5.76 Å². The number of thioether (sulfide) groups is 1. The molecular formula is C19H25NO3S. The fourth-order valence-corrected chi connectivity index (χ4v) is 2.63. The van der Waals surface area contributed by atoms with Gasteiger partial charge in [-0.2, -0.15) is 11.8 Å². The van der Waals surface area contributed by atoms with Crippen LogP contribution in [0.1, 0.15) is 47.9 Å². The fraction of sp³-hybridized carbons (Fsp3) is 0.421.